The van der Waals surface area contributed by atoms with Gasteiger partial charge in [-0.3, -0.25) is 0 Å². The molecule has 0 aliphatic rings. The van der Waals surface area contributed by atoms with Gasteiger partial charge in [0.05, 0.1) is 5.56 Å². The summed E-state index contributed by atoms with van der Waals surface area (Å²) in [4.78, 5) is 14.1. The van der Waals surface area contributed by atoms with Crippen molar-refractivity contribution in [2.45, 2.75) is 32.5 Å². The highest BCUT2D eigenvalue weighted by Gasteiger charge is 2.30. The third-order valence-corrected chi connectivity index (χ3v) is 4.23. The van der Waals surface area contributed by atoms with Crippen molar-refractivity contribution in [3.63, 3.8) is 0 Å². The van der Waals surface area contributed by atoms with Gasteiger partial charge in [-0.05, 0) is 50.1 Å². The average molecular weight is 385 g/mol. The van der Waals surface area contributed by atoms with Gasteiger partial charge < -0.3 is 10.2 Å². The number of benzene rings is 2. The maximum atomic E-state index is 12.8. The third-order valence-electron chi connectivity index (χ3n) is 3.99. The van der Waals surface area contributed by atoms with Crippen molar-refractivity contribution < 1.29 is 18.0 Å². The van der Waals surface area contributed by atoms with Crippen molar-refractivity contribution in [1.29, 1.82) is 0 Å². The maximum Gasteiger partial charge on any atom is 0.416 e. The third kappa shape index (κ3) is 5.39. The lowest BCUT2D eigenvalue weighted by Gasteiger charge is -2.28. The van der Waals surface area contributed by atoms with Gasteiger partial charge in [-0.15, -0.1) is 0 Å². The van der Waals surface area contributed by atoms with Crippen LogP contribution in [0.15, 0.2) is 48.5 Å². The van der Waals surface area contributed by atoms with E-state index in [1.54, 1.807) is 42.2 Å². The fourth-order valence-electron chi connectivity index (χ4n) is 2.74. The molecule has 0 radical (unpaired) electrons. The second kappa shape index (κ2) is 8.45. The highest BCUT2D eigenvalue weighted by Crippen LogP contribution is 2.30. The highest BCUT2D eigenvalue weighted by molar-refractivity contribution is 6.30. The summed E-state index contributed by atoms with van der Waals surface area (Å²) in [5, 5.41) is 3.26. The van der Waals surface area contributed by atoms with Gasteiger partial charge in [0.25, 0.3) is 0 Å². The molecule has 0 unspecified atom stereocenters. The molecule has 0 aliphatic carbocycles. The maximum absolute atomic E-state index is 12.8. The van der Waals surface area contributed by atoms with Gasteiger partial charge in [0.2, 0.25) is 0 Å². The number of nitrogens with one attached hydrogen (secondary N) is 1. The van der Waals surface area contributed by atoms with Crippen LogP contribution < -0.4 is 5.32 Å². The van der Waals surface area contributed by atoms with Crippen molar-refractivity contribution in [1.82, 2.24) is 4.90 Å². The summed E-state index contributed by atoms with van der Waals surface area (Å²) in [6.45, 7) is 4.05. The minimum atomic E-state index is -4.38. The van der Waals surface area contributed by atoms with Crippen LogP contribution in [-0.4, -0.2) is 23.5 Å². The molecule has 0 aromatic heterocycles. The van der Waals surface area contributed by atoms with E-state index in [-0.39, 0.29) is 12.1 Å². The van der Waals surface area contributed by atoms with Crippen LogP contribution in [-0.2, 0) is 12.6 Å². The van der Waals surface area contributed by atoms with E-state index < -0.39 is 11.7 Å². The Morgan fingerprint density at radius 3 is 2.50 bits per heavy atom. The first-order valence-electron chi connectivity index (χ1n) is 8.20. The fourth-order valence-corrected chi connectivity index (χ4v) is 2.93. The van der Waals surface area contributed by atoms with E-state index in [1.165, 1.54) is 6.07 Å². The number of hydrogen-bond donors (Lipinski definition) is 1. The van der Waals surface area contributed by atoms with Crippen molar-refractivity contribution in [2.24, 2.45) is 0 Å². The number of nitrogens with zero attached hydrogens (tertiary/aromatic N) is 1. The van der Waals surface area contributed by atoms with E-state index in [2.05, 4.69) is 5.32 Å². The lowest BCUT2D eigenvalue weighted by molar-refractivity contribution is -0.137. The Balaban J connectivity index is 2.08. The molecule has 2 rings (SSSR count). The van der Waals surface area contributed by atoms with E-state index in [4.69, 9.17) is 11.6 Å². The van der Waals surface area contributed by atoms with Crippen LogP contribution in [0.4, 0.5) is 23.7 Å². The van der Waals surface area contributed by atoms with Gasteiger partial charge in [0.1, 0.15) is 0 Å². The molecule has 3 nitrogen and oxygen atoms in total. The molecule has 0 saturated carbocycles. The largest absolute Gasteiger partial charge is 0.416 e. The van der Waals surface area contributed by atoms with Gasteiger partial charge in [0.15, 0.2) is 0 Å². The van der Waals surface area contributed by atoms with E-state index >= 15 is 0 Å². The normalized spacial score (nSPS) is 12.5. The number of urea groups is 1. The van der Waals surface area contributed by atoms with E-state index in [0.29, 0.717) is 29.2 Å². The van der Waals surface area contributed by atoms with Crippen LogP contribution in [0.1, 0.15) is 25.0 Å². The standard InChI is InChI=1S/C19H20ClF3N2O/c1-3-25(18(26)24-17-9-5-8-16(20)12-17)13(2)10-14-6-4-7-15(11-14)19(21,22)23/h4-9,11-13H,3,10H2,1-2H3,(H,24,26)/t13-/m0/s1. The lowest BCUT2D eigenvalue weighted by Crippen LogP contribution is -2.42. The van der Waals surface area contributed by atoms with Crippen LogP contribution in [0.5, 0.6) is 0 Å². The molecule has 7 heteroatoms. The number of likely N-dealkylation sites (N-methyl/N-ethyl adjacent to an activating group) is 1. The molecule has 0 spiro atoms. The van der Waals surface area contributed by atoms with Gasteiger partial charge in [-0.2, -0.15) is 13.2 Å². The Labute approximate surface area is 155 Å². The monoisotopic (exact) mass is 384 g/mol. The smallest absolute Gasteiger partial charge is 0.322 e. The molecular weight excluding hydrogens is 365 g/mol. The summed E-state index contributed by atoms with van der Waals surface area (Å²) in [6, 6.07) is 11.3. The molecule has 0 bridgehead atoms. The Bertz CT molecular complexity index is 764. The van der Waals surface area contributed by atoms with E-state index in [0.717, 1.165) is 12.1 Å². The van der Waals surface area contributed by atoms with Gasteiger partial charge in [0, 0.05) is 23.3 Å². The quantitative estimate of drug-likeness (QED) is 0.689. The Morgan fingerprint density at radius 1 is 1.19 bits per heavy atom. The molecule has 26 heavy (non-hydrogen) atoms. The first-order valence-corrected chi connectivity index (χ1v) is 8.58. The second-order valence-corrected chi connectivity index (χ2v) is 6.41. The molecule has 140 valence electrons. The summed E-state index contributed by atoms with van der Waals surface area (Å²) in [5.74, 6) is 0. The van der Waals surface area contributed by atoms with Crippen molar-refractivity contribution >= 4 is 23.3 Å². The number of hydrogen-bond acceptors (Lipinski definition) is 1. The molecule has 2 amide bonds. The van der Waals surface area contributed by atoms with E-state index in [1.807, 2.05) is 6.92 Å². The van der Waals surface area contributed by atoms with E-state index in [9.17, 15) is 18.0 Å². The minimum absolute atomic E-state index is 0.275. The van der Waals surface area contributed by atoms with Gasteiger partial charge in [-0.1, -0.05) is 35.9 Å². The Kier molecular flexibility index (Phi) is 6.53. The van der Waals surface area contributed by atoms with Crippen LogP contribution >= 0.6 is 11.6 Å². The Morgan fingerprint density at radius 2 is 1.88 bits per heavy atom. The second-order valence-electron chi connectivity index (χ2n) is 5.98. The van der Waals surface area contributed by atoms with Crippen LogP contribution in [0.2, 0.25) is 5.02 Å². The number of halogens is 4. The number of amides is 2. The molecule has 2 aromatic rings. The molecule has 0 saturated heterocycles. The fraction of sp³-hybridized carbons (Fsp3) is 0.316. The molecule has 2 aromatic carbocycles. The molecule has 0 aliphatic heterocycles. The first kappa shape index (κ1) is 20.1. The molecule has 0 heterocycles. The summed E-state index contributed by atoms with van der Waals surface area (Å²) in [7, 11) is 0. The zero-order chi connectivity index (χ0) is 19.3. The predicted molar refractivity (Wildman–Crippen MR) is 97.5 cm³/mol. The first-order chi connectivity index (χ1) is 12.2. The SMILES string of the molecule is CCN(C(=O)Nc1cccc(Cl)c1)[C@@H](C)Cc1cccc(C(F)(F)F)c1. The molecule has 1 N–H and O–H groups in total. The topological polar surface area (TPSA) is 32.3 Å². The summed E-state index contributed by atoms with van der Waals surface area (Å²) >= 11 is 5.91. The van der Waals surface area contributed by atoms with Gasteiger partial charge >= 0.3 is 12.2 Å². The minimum Gasteiger partial charge on any atom is -0.322 e. The number of rotatable bonds is 5. The molecule has 1 atom stereocenters. The van der Waals surface area contributed by atoms with Crippen LogP contribution in [0.3, 0.4) is 0 Å². The van der Waals surface area contributed by atoms with Gasteiger partial charge in [-0.25, -0.2) is 4.79 Å². The number of carbonyl (C=O) groups excluding carboxylic acids is 1. The zero-order valence-corrected chi connectivity index (χ0v) is 15.2. The zero-order valence-electron chi connectivity index (χ0n) is 14.5. The number of alkyl halides is 3. The van der Waals surface area contributed by atoms with Crippen LogP contribution in [0, 0.1) is 0 Å². The molecule has 0 fully saturated rings. The van der Waals surface area contributed by atoms with Crippen molar-refractivity contribution in [3.8, 4) is 0 Å². The highest BCUT2D eigenvalue weighted by atomic mass is 35.5. The van der Waals surface area contributed by atoms with Crippen molar-refractivity contribution in [3.05, 3.63) is 64.7 Å². The van der Waals surface area contributed by atoms with Crippen LogP contribution in [0.25, 0.3) is 0 Å². The Hall–Kier alpha value is -2.21. The lowest BCUT2D eigenvalue weighted by atomic mass is 10.0. The summed E-state index contributed by atoms with van der Waals surface area (Å²) < 4.78 is 38.5. The number of carbonyl (C=O) groups is 1. The molecular formula is C19H20ClF3N2O. The summed E-state index contributed by atoms with van der Waals surface area (Å²) in [5.41, 5.74) is 0.405. The number of anilines is 1. The predicted octanol–water partition coefficient (Wildman–Crippen LogP) is 5.84. The van der Waals surface area contributed by atoms with Crippen molar-refractivity contribution in [2.75, 3.05) is 11.9 Å². The average Bonchev–Trinajstić information content (AvgIpc) is 2.55. The summed E-state index contributed by atoms with van der Waals surface area (Å²) in [6.07, 6.45) is -4.06.